The lowest BCUT2D eigenvalue weighted by Gasteiger charge is -2.24. The summed E-state index contributed by atoms with van der Waals surface area (Å²) in [6, 6.07) is -0.0798. The molecule has 4 atom stereocenters. The monoisotopic (exact) mass is 261 g/mol. The number of hydrogen-bond acceptors (Lipinski definition) is 3. The highest BCUT2D eigenvalue weighted by atomic mass is 16.5. The Bertz CT molecular complexity index is 453. The van der Waals surface area contributed by atoms with E-state index in [1.54, 1.807) is 0 Å². The van der Waals surface area contributed by atoms with Crippen LogP contribution in [0, 0.1) is 34.5 Å². The largest absolute Gasteiger partial charge is 0.464 e. The van der Waals surface area contributed by atoms with E-state index in [4.69, 9.17) is 4.74 Å². The van der Waals surface area contributed by atoms with E-state index >= 15 is 0 Å². The van der Waals surface area contributed by atoms with Crippen LogP contribution in [0.1, 0.15) is 40.0 Å². The van der Waals surface area contributed by atoms with Gasteiger partial charge in [-0.1, -0.05) is 32.6 Å². The van der Waals surface area contributed by atoms with Crippen LogP contribution >= 0.6 is 0 Å². The molecule has 104 valence electrons. The van der Waals surface area contributed by atoms with Crippen LogP contribution in [-0.4, -0.2) is 25.2 Å². The quantitative estimate of drug-likeness (QED) is 0.623. The predicted molar refractivity (Wildman–Crippen MR) is 73.2 cm³/mol. The Labute approximate surface area is 115 Å². The van der Waals surface area contributed by atoms with Crippen LogP contribution < -0.4 is 5.32 Å². The molecule has 2 fully saturated rings. The van der Waals surface area contributed by atoms with Gasteiger partial charge in [0.1, 0.15) is 6.04 Å². The Morgan fingerprint density at radius 1 is 1.42 bits per heavy atom. The molecule has 0 amide bonds. The standard InChI is InChI=1S/C16H23NO2/c1-11-6-7-13-15(2,3)16(13,9-11)10-19-14(18)12-5-4-8-17-12/h11-13,17H,4-5,8-10H2,1-3H3. The Hall–Kier alpha value is -1.01. The van der Waals surface area contributed by atoms with Gasteiger partial charge in [0.2, 0.25) is 0 Å². The molecule has 1 saturated heterocycles. The second-order valence-corrected chi connectivity index (χ2v) is 6.96. The molecule has 3 rings (SSSR count). The Morgan fingerprint density at radius 3 is 2.89 bits per heavy atom. The van der Waals surface area contributed by atoms with E-state index in [2.05, 4.69) is 37.9 Å². The van der Waals surface area contributed by atoms with Gasteiger partial charge in [-0.25, -0.2) is 0 Å². The highest BCUT2D eigenvalue weighted by Crippen LogP contribution is 2.72. The van der Waals surface area contributed by atoms with E-state index in [1.807, 2.05) is 0 Å². The Kier molecular flexibility index (Phi) is 2.90. The van der Waals surface area contributed by atoms with Crippen molar-refractivity contribution in [1.82, 2.24) is 5.32 Å². The number of carbonyl (C=O) groups is 1. The van der Waals surface area contributed by atoms with Crippen molar-refractivity contribution in [1.29, 1.82) is 0 Å². The van der Waals surface area contributed by atoms with Crippen LogP contribution in [0.5, 0.6) is 0 Å². The van der Waals surface area contributed by atoms with Gasteiger partial charge in [-0.3, -0.25) is 4.79 Å². The van der Waals surface area contributed by atoms with E-state index in [1.165, 1.54) is 0 Å². The average Bonchev–Trinajstić information content (AvgIpc) is 2.77. The third kappa shape index (κ3) is 1.89. The summed E-state index contributed by atoms with van der Waals surface area (Å²) in [7, 11) is 0. The zero-order chi connectivity index (χ0) is 13.7. The number of fused-ring (bicyclic) bond motifs is 1. The van der Waals surface area contributed by atoms with Gasteiger partial charge in [0.25, 0.3) is 0 Å². The highest BCUT2D eigenvalue weighted by Gasteiger charge is 2.71. The molecule has 1 saturated carbocycles. The lowest BCUT2D eigenvalue weighted by molar-refractivity contribution is -0.148. The van der Waals surface area contributed by atoms with Gasteiger partial charge >= 0.3 is 5.97 Å². The second kappa shape index (κ2) is 4.24. The molecule has 0 aromatic carbocycles. The molecule has 1 heterocycles. The van der Waals surface area contributed by atoms with Crippen molar-refractivity contribution in [2.75, 3.05) is 13.2 Å². The molecule has 1 aliphatic heterocycles. The van der Waals surface area contributed by atoms with Crippen molar-refractivity contribution in [2.45, 2.75) is 46.1 Å². The third-order valence-corrected chi connectivity index (χ3v) is 5.44. The summed E-state index contributed by atoms with van der Waals surface area (Å²) < 4.78 is 5.62. The lowest BCUT2D eigenvalue weighted by Crippen LogP contribution is -2.34. The van der Waals surface area contributed by atoms with E-state index in [0.717, 1.165) is 25.8 Å². The maximum absolute atomic E-state index is 12.0. The predicted octanol–water partition coefficient (Wildman–Crippen LogP) is 1.97. The van der Waals surface area contributed by atoms with Gasteiger partial charge < -0.3 is 10.1 Å². The van der Waals surface area contributed by atoms with Crippen molar-refractivity contribution >= 4 is 5.97 Å². The fourth-order valence-corrected chi connectivity index (χ4v) is 3.98. The topological polar surface area (TPSA) is 38.3 Å². The van der Waals surface area contributed by atoms with Crippen LogP contribution in [0.4, 0.5) is 0 Å². The minimum absolute atomic E-state index is 0.0699. The van der Waals surface area contributed by atoms with Gasteiger partial charge in [0, 0.05) is 17.3 Å². The fraction of sp³-hybridized carbons (Fsp3) is 0.812. The van der Waals surface area contributed by atoms with E-state index in [9.17, 15) is 4.79 Å². The number of nitrogens with one attached hydrogen (secondary N) is 1. The van der Waals surface area contributed by atoms with Gasteiger partial charge in [-0.05, 0) is 31.2 Å². The van der Waals surface area contributed by atoms with E-state index in [0.29, 0.717) is 18.4 Å². The molecule has 3 aliphatic rings. The molecule has 0 bridgehead atoms. The van der Waals surface area contributed by atoms with Gasteiger partial charge in [0.05, 0.1) is 6.61 Å². The number of carbonyl (C=O) groups excluding carboxylic acids is 1. The Morgan fingerprint density at radius 2 is 2.21 bits per heavy atom. The van der Waals surface area contributed by atoms with Crippen molar-refractivity contribution in [3.63, 3.8) is 0 Å². The number of esters is 1. The summed E-state index contributed by atoms with van der Waals surface area (Å²) in [5, 5.41) is 3.20. The summed E-state index contributed by atoms with van der Waals surface area (Å²) in [6.07, 6.45) is 3.04. The fourth-order valence-electron chi connectivity index (χ4n) is 3.98. The minimum atomic E-state index is -0.0798. The van der Waals surface area contributed by atoms with Crippen LogP contribution in [0.2, 0.25) is 0 Å². The van der Waals surface area contributed by atoms with E-state index in [-0.39, 0.29) is 22.8 Å². The van der Waals surface area contributed by atoms with Crippen molar-refractivity contribution in [3.8, 4) is 11.8 Å². The van der Waals surface area contributed by atoms with Gasteiger partial charge in [0.15, 0.2) is 0 Å². The summed E-state index contributed by atoms with van der Waals surface area (Å²) in [5.41, 5.74) is 0.292. The molecule has 0 aromatic rings. The normalized spacial score (nSPS) is 41.9. The first-order valence-electron chi connectivity index (χ1n) is 7.38. The minimum Gasteiger partial charge on any atom is -0.464 e. The van der Waals surface area contributed by atoms with Crippen LogP contribution in [0.3, 0.4) is 0 Å². The zero-order valence-electron chi connectivity index (χ0n) is 12.1. The number of rotatable bonds is 3. The zero-order valence-corrected chi connectivity index (χ0v) is 12.1. The summed E-state index contributed by atoms with van der Waals surface area (Å²) in [6.45, 7) is 8.15. The molecule has 3 heteroatoms. The molecular weight excluding hydrogens is 238 g/mol. The maximum atomic E-state index is 12.0. The molecule has 1 N–H and O–H groups in total. The summed E-state index contributed by atoms with van der Waals surface area (Å²) in [5.74, 6) is 7.42. The lowest BCUT2D eigenvalue weighted by atomic mass is 9.85. The molecule has 0 radical (unpaired) electrons. The molecule has 2 aliphatic carbocycles. The molecular formula is C16H23NO2. The molecule has 3 nitrogen and oxygen atoms in total. The average molecular weight is 261 g/mol. The number of ether oxygens (including phenoxy) is 1. The van der Waals surface area contributed by atoms with Gasteiger partial charge in [-0.15, -0.1) is 0 Å². The first kappa shape index (κ1) is 13.0. The number of hydrogen-bond donors (Lipinski definition) is 1. The van der Waals surface area contributed by atoms with Crippen LogP contribution in [0.25, 0.3) is 0 Å². The molecule has 0 spiro atoms. The first-order chi connectivity index (χ1) is 8.97. The highest BCUT2D eigenvalue weighted by molar-refractivity contribution is 5.76. The van der Waals surface area contributed by atoms with E-state index < -0.39 is 0 Å². The van der Waals surface area contributed by atoms with Crippen LogP contribution in [0.15, 0.2) is 0 Å². The first-order valence-corrected chi connectivity index (χ1v) is 7.38. The third-order valence-electron chi connectivity index (χ3n) is 5.44. The molecule has 4 unspecified atom stereocenters. The molecule has 0 aromatic heterocycles. The smallest absolute Gasteiger partial charge is 0.323 e. The summed E-state index contributed by atoms with van der Waals surface area (Å²) >= 11 is 0. The van der Waals surface area contributed by atoms with Crippen LogP contribution in [-0.2, 0) is 9.53 Å². The Balaban J connectivity index is 1.64. The van der Waals surface area contributed by atoms with Crippen molar-refractivity contribution in [3.05, 3.63) is 0 Å². The van der Waals surface area contributed by atoms with Gasteiger partial charge in [-0.2, -0.15) is 0 Å². The second-order valence-electron chi connectivity index (χ2n) is 6.96. The maximum Gasteiger partial charge on any atom is 0.323 e. The summed E-state index contributed by atoms with van der Waals surface area (Å²) in [4.78, 5) is 12.0. The van der Waals surface area contributed by atoms with Crippen molar-refractivity contribution < 1.29 is 9.53 Å². The SMILES string of the molecule is CC1C#CC2C(C)(C)C2(COC(=O)C2CCCN2)C1. The van der Waals surface area contributed by atoms with Crippen molar-refractivity contribution in [2.24, 2.45) is 22.7 Å². The molecule has 19 heavy (non-hydrogen) atoms.